The third-order valence-corrected chi connectivity index (χ3v) is 6.76. The lowest BCUT2D eigenvalue weighted by atomic mass is 10.3. The van der Waals surface area contributed by atoms with Crippen LogP contribution in [0.5, 0.6) is 0 Å². The minimum atomic E-state index is -3.88. The highest BCUT2D eigenvalue weighted by molar-refractivity contribution is 7.90. The minimum absolute atomic E-state index is 0.129. The Balaban J connectivity index is 1.90. The minimum Gasteiger partial charge on any atom is -0.335 e. The van der Waals surface area contributed by atoms with E-state index in [1.165, 1.54) is 22.3 Å². The number of rotatable bonds is 4. The van der Waals surface area contributed by atoms with Gasteiger partial charge in [0.1, 0.15) is 5.15 Å². The molecule has 27 heavy (non-hydrogen) atoms. The van der Waals surface area contributed by atoms with Crippen molar-refractivity contribution in [3.63, 3.8) is 0 Å². The Bertz CT molecular complexity index is 1130. The topological polar surface area (TPSA) is 98.3 Å². The van der Waals surface area contributed by atoms with Crippen molar-refractivity contribution in [3.05, 3.63) is 59.5 Å². The summed E-state index contributed by atoms with van der Waals surface area (Å²) in [6.07, 6.45) is 2.01. The van der Waals surface area contributed by atoms with E-state index < -0.39 is 16.1 Å². The molecular weight excluding hydrogens is 388 g/mol. The van der Waals surface area contributed by atoms with Crippen LogP contribution < -0.4 is 5.73 Å². The lowest BCUT2D eigenvalue weighted by molar-refractivity contribution is -0.129. The van der Waals surface area contributed by atoms with Crippen LogP contribution in [-0.2, 0) is 21.4 Å². The maximum Gasteiger partial charge on any atom is 0.268 e. The second kappa shape index (κ2) is 6.63. The number of fused-ring (bicyclic) bond motifs is 1. The normalized spacial score (nSPS) is 17.8. The fourth-order valence-corrected chi connectivity index (χ4v) is 5.09. The average Bonchev–Trinajstić information content (AvgIpc) is 3.19. The van der Waals surface area contributed by atoms with E-state index in [4.69, 9.17) is 17.3 Å². The number of likely N-dealkylation sites (tertiary alicyclic amines) is 1. The standard InChI is InChI=1S/C18H17ClN4O3S/c19-17-14-10-12(11-22-9-7-15(20)18(22)24)23(16(14)6-8-21-17)27(25,26)13-4-2-1-3-5-13/h1-6,8,10,15H,7,9,11,20H2/t15-/m0/s1. The first-order valence-corrected chi connectivity index (χ1v) is 10.2. The third kappa shape index (κ3) is 2.99. The molecule has 0 unspecified atom stereocenters. The van der Waals surface area contributed by atoms with Crippen LogP contribution in [0.3, 0.4) is 0 Å². The molecule has 1 amide bonds. The number of amides is 1. The first kappa shape index (κ1) is 18.0. The van der Waals surface area contributed by atoms with Crippen LogP contribution in [0.25, 0.3) is 10.9 Å². The van der Waals surface area contributed by atoms with E-state index in [9.17, 15) is 13.2 Å². The Hall–Kier alpha value is -2.42. The molecule has 1 aliphatic heterocycles. The van der Waals surface area contributed by atoms with Crippen molar-refractivity contribution in [1.82, 2.24) is 13.9 Å². The summed E-state index contributed by atoms with van der Waals surface area (Å²) in [7, 11) is -3.88. The average molecular weight is 405 g/mol. The van der Waals surface area contributed by atoms with E-state index in [1.54, 1.807) is 35.2 Å². The number of pyridine rings is 1. The molecule has 1 saturated heterocycles. The number of hydrogen-bond donors (Lipinski definition) is 1. The molecule has 2 aromatic heterocycles. The lowest BCUT2D eigenvalue weighted by Crippen LogP contribution is -2.34. The molecule has 7 nitrogen and oxygen atoms in total. The van der Waals surface area contributed by atoms with Crippen molar-refractivity contribution in [2.75, 3.05) is 6.54 Å². The molecule has 3 aromatic rings. The zero-order valence-corrected chi connectivity index (χ0v) is 15.8. The highest BCUT2D eigenvalue weighted by Gasteiger charge is 2.31. The number of carbonyl (C=O) groups is 1. The summed E-state index contributed by atoms with van der Waals surface area (Å²) in [5.74, 6) is -0.187. The first-order valence-electron chi connectivity index (χ1n) is 8.39. The summed E-state index contributed by atoms with van der Waals surface area (Å²) in [5.41, 5.74) is 6.65. The monoisotopic (exact) mass is 404 g/mol. The Morgan fingerprint density at radius 1 is 1.22 bits per heavy atom. The summed E-state index contributed by atoms with van der Waals surface area (Å²) in [5, 5.41) is 0.727. The smallest absolute Gasteiger partial charge is 0.268 e. The van der Waals surface area contributed by atoms with Gasteiger partial charge in [-0.25, -0.2) is 17.4 Å². The van der Waals surface area contributed by atoms with Crippen molar-refractivity contribution in [3.8, 4) is 0 Å². The molecule has 1 aromatic carbocycles. The van der Waals surface area contributed by atoms with Gasteiger partial charge in [-0.1, -0.05) is 29.8 Å². The molecule has 4 rings (SSSR count). The molecule has 1 fully saturated rings. The summed E-state index contributed by atoms with van der Waals surface area (Å²) >= 11 is 6.19. The Morgan fingerprint density at radius 3 is 2.63 bits per heavy atom. The van der Waals surface area contributed by atoms with Crippen LogP contribution in [0.4, 0.5) is 0 Å². The molecule has 9 heteroatoms. The second-order valence-corrected chi connectivity index (χ2v) is 8.55. The fraction of sp³-hybridized carbons (Fsp3) is 0.222. The lowest BCUT2D eigenvalue weighted by Gasteiger charge is -2.18. The number of hydrogen-bond acceptors (Lipinski definition) is 5. The van der Waals surface area contributed by atoms with E-state index in [-0.39, 0.29) is 22.5 Å². The van der Waals surface area contributed by atoms with E-state index >= 15 is 0 Å². The molecule has 0 aliphatic carbocycles. The molecule has 1 atom stereocenters. The van der Waals surface area contributed by atoms with Gasteiger partial charge in [-0.15, -0.1) is 0 Å². The third-order valence-electron chi connectivity index (χ3n) is 4.68. The number of nitrogens with zero attached hydrogens (tertiary/aromatic N) is 3. The van der Waals surface area contributed by atoms with Gasteiger partial charge < -0.3 is 10.6 Å². The first-order chi connectivity index (χ1) is 12.9. The quantitative estimate of drug-likeness (QED) is 0.670. The van der Waals surface area contributed by atoms with Gasteiger partial charge in [-0.2, -0.15) is 0 Å². The van der Waals surface area contributed by atoms with Crippen LogP contribution in [0.1, 0.15) is 12.1 Å². The van der Waals surface area contributed by atoms with Crippen molar-refractivity contribution in [2.24, 2.45) is 5.73 Å². The van der Waals surface area contributed by atoms with Crippen molar-refractivity contribution in [2.45, 2.75) is 23.9 Å². The molecule has 0 saturated carbocycles. The number of halogens is 1. The number of aromatic nitrogens is 2. The highest BCUT2D eigenvalue weighted by Crippen LogP contribution is 2.30. The molecule has 3 heterocycles. The molecule has 1 aliphatic rings. The summed E-state index contributed by atoms with van der Waals surface area (Å²) in [4.78, 5) is 18.0. The summed E-state index contributed by atoms with van der Waals surface area (Å²) in [6, 6.07) is 10.9. The predicted molar refractivity (Wildman–Crippen MR) is 102 cm³/mol. The van der Waals surface area contributed by atoms with Crippen LogP contribution in [0.15, 0.2) is 53.6 Å². The summed E-state index contributed by atoms with van der Waals surface area (Å²) < 4.78 is 27.9. The molecular formula is C18H17ClN4O3S. The van der Waals surface area contributed by atoms with Crippen LogP contribution in [-0.4, -0.2) is 40.8 Å². The Morgan fingerprint density at radius 2 is 1.96 bits per heavy atom. The Kier molecular flexibility index (Phi) is 4.41. The number of benzene rings is 1. The maximum absolute atomic E-state index is 13.3. The predicted octanol–water partition coefficient (Wildman–Crippen LogP) is 1.99. The van der Waals surface area contributed by atoms with E-state index in [2.05, 4.69) is 4.98 Å². The maximum atomic E-state index is 13.3. The van der Waals surface area contributed by atoms with E-state index in [0.29, 0.717) is 29.6 Å². The van der Waals surface area contributed by atoms with Crippen molar-refractivity contribution in [1.29, 1.82) is 0 Å². The van der Waals surface area contributed by atoms with Gasteiger partial charge in [0, 0.05) is 18.1 Å². The zero-order chi connectivity index (χ0) is 19.2. The zero-order valence-electron chi connectivity index (χ0n) is 14.2. The van der Waals surface area contributed by atoms with Gasteiger partial charge in [-0.05, 0) is 30.7 Å². The fourth-order valence-electron chi connectivity index (χ4n) is 3.34. The molecule has 0 bridgehead atoms. The second-order valence-electron chi connectivity index (χ2n) is 6.41. The van der Waals surface area contributed by atoms with E-state index in [1.807, 2.05) is 0 Å². The van der Waals surface area contributed by atoms with Gasteiger partial charge in [0.15, 0.2) is 0 Å². The largest absolute Gasteiger partial charge is 0.335 e. The molecule has 140 valence electrons. The van der Waals surface area contributed by atoms with Gasteiger partial charge in [0.05, 0.1) is 28.7 Å². The Labute approximate surface area is 161 Å². The SMILES string of the molecule is N[C@H]1CCN(Cc2cc3c(Cl)nccc3n2S(=O)(=O)c2ccccc2)C1=O. The van der Waals surface area contributed by atoms with Crippen LogP contribution in [0, 0.1) is 0 Å². The van der Waals surface area contributed by atoms with Gasteiger partial charge in [0.2, 0.25) is 5.91 Å². The molecule has 0 spiro atoms. The van der Waals surface area contributed by atoms with Crippen molar-refractivity contribution >= 4 is 38.4 Å². The van der Waals surface area contributed by atoms with Gasteiger partial charge >= 0.3 is 0 Å². The number of carbonyl (C=O) groups excluding carboxylic acids is 1. The number of nitrogens with two attached hydrogens (primary N) is 1. The van der Waals surface area contributed by atoms with E-state index in [0.717, 1.165) is 0 Å². The van der Waals surface area contributed by atoms with Crippen molar-refractivity contribution < 1.29 is 13.2 Å². The van der Waals surface area contributed by atoms with Gasteiger partial charge in [0.25, 0.3) is 10.0 Å². The van der Waals surface area contributed by atoms with Crippen LogP contribution in [0.2, 0.25) is 5.15 Å². The molecule has 2 N–H and O–H groups in total. The van der Waals surface area contributed by atoms with Gasteiger partial charge in [-0.3, -0.25) is 4.79 Å². The summed E-state index contributed by atoms with van der Waals surface area (Å²) in [6.45, 7) is 0.614. The highest BCUT2D eigenvalue weighted by atomic mass is 35.5. The molecule has 0 radical (unpaired) electrons. The van der Waals surface area contributed by atoms with Crippen LogP contribution >= 0.6 is 11.6 Å².